The molecule has 0 heterocycles. The van der Waals surface area contributed by atoms with E-state index < -0.39 is 11.9 Å². The summed E-state index contributed by atoms with van der Waals surface area (Å²) in [6, 6.07) is 14.6. The fraction of sp³-hybridized carbons (Fsp3) is 0.0833. The van der Waals surface area contributed by atoms with Crippen LogP contribution in [0.5, 0.6) is 23.0 Å². The third-order valence-corrected chi connectivity index (χ3v) is 4.42. The van der Waals surface area contributed by atoms with Crippen molar-refractivity contribution in [3.63, 3.8) is 0 Å². The number of hydrogen-bond donors (Lipinski definition) is 0. The average Bonchev–Trinajstić information content (AvgIpc) is 2.84. The third-order valence-electron chi connectivity index (χ3n) is 4.42. The van der Waals surface area contributed by atoms with Crippen molar-refractivity contribution in [1.29, 1.82) is 0 Å². The molecule has 0 saturated carbocycles. The molecule has 3 aromatic carbocycles. The van der Waals surface area contributed by atoms with Crippen LogP contribution in [-0.4, -0.2) is 38.7 Å². The Kier molecular flexibility index (Phi) is 6.97. The Bertz CT molecular complexity index is 1090. The van der Waals surface area contributed by atoms with Gasteiger partial charge >= 0.3 is 11.9 Å². The predicted molar refractivity (Wildman–Crippen MR) is 113 cm³/mol. The third kappa shape index (κ3) is 4.81. The number of carbonyl (C=O) groups excluding carboxylic acids is 4. The molecule has 0 unspecified atom stereocenters. The topological polar surface area (TPSA) is 105 Å². The second kappa shape index (κ2) is 10.0. The molecule has 162 valence electrons. The van der Waals surface area contributed by atoms with Crippen LogP contribution >= 0.6 is 0 Å². The van der Waals surface area contributed by atoms with Crippen LogP contribution in [0.15, 0.2) is 60.7 Å². The minimum atomic E-state index is -0.821. The van der Waals surface area contributed by atoms with Crippen LogP contribution < -0.4 is 18.9 Å². The van der Waals surface area contributed by atoms with Crippen molar-refractivity contribution >= 4 is 24.5 Å². The van der Waals surface area contributed by atoms with E-state index in [0.29, 0.717) is 23.7 Å². The van der Waals surface area contributed by atoms with E-state index in [0.717, 1.165) is 0 Å². The van der Waals surface area contributed by atoms with Crippen molar-refractivity contribution in [2.75, 3.05) is 14.2 Å². The summed E-state index contributed by atoms with van der Waals surface area (Å²) >= 11 is 0. The minimum Gasteiger partial charge on any atom is -0.493 e. The lowest BCUT2D eigenvalue weighted by Crippen LogP contribution is -2.18. The molecule has 0 aromatic heterocycles. The van der Waals surface area contributed by atoms with Gasteiger partial charge in [0.25, 0.3) is 0 Å². The summed E-state index contributed by atoms with van der Waals surface area (Å²) in [7, 11) is 2.74. The van der Waals surface area contributed by atoms with Gasteiger partial charge in [-0.05, 0) is 48.5 Å². The second-order valence-corrected chi connectivity index (χ2v) is 6.38. The van der Waals surface area contributed by atoms with Gasteiger partial charge in [-0.3, -0.25) is 9.59 Å². The maximum absolute atomic E-state index is 12.8. The van der Waals surface area contributed by atoms with E-state index in [1.165, 1.54) is 62.8 Å². The van der Waals surface area contributed by atoms with Gasteiger partial charge in [-0.15, -0.1) is 0 Å². The number of methoxy groups -OCH3 is 2. The zero-order valence-electron chi connectivity index (χ0n) is 17.2. The zero-order valence-corrected chi connectivity index (χ0v) is 17.2. The number of esters is 2. The maximum atomic E-state index is 12.8. The number of rotatable bonds is 8. The Morgan fingerprint density at radius 3 is 1.38 bits per heavy atom. The van der Waals surface area contributed by atoms with Crippen LogP contribution in [0.4, 0.5) is 0 Å². The van der Waals surface area contributed by atoms with Crippen LogP contribution in [0.2, 0.25) is 0 Å². The molecule has 0 aliphatic rings. The summed E-state index contributed by atoms with van der Waals surface area (Å²) in [5.74, 6) is -1.11. The molecule has 0 amide bonds. The first kappa shape index (κ1) is 22.2. The molecule has 0 radical (unpaired) electrons. The Balaban J connectivity index is 1.87. The quantitative estimate of drug-likeness (QED) is 0.300. The van der Waals surface area contributed by atoms with Crippen LogP contribution in [0.3, 0.4) is 0 Å². The Labute approximate surface area is 183 Å². The van der Waals surface area contributed by atoms with Crippen molar-refractivity contribution < 1.29 is 38.1 Å². The molecular formula is C24H18O8. The molecule has 0 atom stereocenters. The molecule has 32 heavy (non-hydrogen) atoms. The van der Waals surface area contributed by atoms with E-state index in [-0.39, 0.29) is 34.1 Å². The van der Waals surface area contributed by atoms with E-state index in [1.807, 2.05) is 0 Å². The Morgan fingerprint density at radius 2 is 1.03 bits per heavy atom. The maximum Gasteiger partial charge on any atom is 0.344 e. The Morgan fingerprint density at radius 1 is 0.625 bits per heavy atom. The first-order chi connectivity index (χ1) is 15.5. The van der Waals surface area contributed by atoms with Crippen LogP contribution in [0, 0.1) is 0 Å². The average molecular weight is 434 g/mol. The Hall–Kier alpha value is -4.46. The molecule has 0 N–H and O–H groups in total. The van der Waals surface area contributed by atoms with Gasteiger partial charge < -0.3 is 18.9 Å². The van der Waals surface area contributed by atoms with Crippen molar-refractivity contribution in [3.8, 4) is 23.0 Å². The highest BCUT2D eigenvalue weighted by Gasteiger charge is 2.22. The predicted octanol–water partition coefficient (Wildman–Crippen LogP) is 3.77. The minimum absolute atomic E-state index is 0.0394. The molecule has 8 heteroatoms. The van der Waals surface area contributed by atoms with Crippen molar-refractivity contribution in [3.05, 3.63) is 82.9 Å². The van der Waals surface area contributed by atoms with Gasteiger partial charge in [-0.2, -0.15) is 0 Å². The molecule has 0 aliphatic heterocycles. The van der Waals surface area contributed by atoms with E-state index in [1.54, 1.807) is 12.1 Å². The van der Waals surface area contributed by atoms with Gasteiger partial charge in [0.1, 0.15) is 12.6 Å². The number of carbonyl (C=O) groups is 4. The van der Waals surface area contributed by atoms with Crippen molar-refractivity contribution in [1.82, 2.24) is 0 Å². The van der Waals surface area contributed by atoms with E-state index >= 15 is 0 Å². The van der Waals surface area contributed by atoms with Crippen molar-refractivity contribution in [2.45, 2.75) is 0 Å². The fourth-order valence-electron chi connectivity index (χ4n) is 2.83. The molecule has 0 spiro atoms. The molecule has 0 saturated heterocycles. The number of ether oxygens (including phenoxy) is 4. The molecule has 0 aliphatic carbocycles. The lowest BCUT2D eigenvalue weighted by molar-refractivity contribution is 0.0687. The first-order valence-corrected chi connectivity index (χ1v) is 9.30. The van der Waals surface area contributed by atoms with Crippen LogP contribution in [0.25, 0.3) is 0 Å². The highest BCUT2D eigenvalue weighted by Crippen LogP contribution is 2.30. The van der Waals surface area contributed by atoms with Crippen molar-refractivity contribution in [2.24, 2.45) is 0 Å². The summed E-state index contributed by atoms with van der Waals surface area (Å²) in [6.07, 6.45) is 1.27. The lowest BCUT2D eigenvalue weighted by Gasteiger charge is -2.13. The largest absolute Gasteiger partial charge is 0.493 e. The highest BCUT2D eigenvalue weighted by molar-refractivity contribution is 6.04. The van der Waals surface area contributed by atoms with Gasteiger partial charge in [-0.25, -0.2) is 9.59 Å². The standard InChI is InChI=1S/C24H18O8/c1-29-21-11-15(13-25)7-9-19(21)31-23(27)17-5-3-4-6-18(17)24(28)32-20-10-8-16(14-26)12-22(20)30-2/h3-14H,1-2H3. The molecule has 8 nitrogen and oxygen atoms in total. The normalized spacial score (nSPS) is 10.1. The lowest BCUT2D eigenvalue weighted by atomic mass is 10.1. The van der Waals surface area contributed by atoms with Gasteiger partial charge in [0.15, 0.2) is 23.0 Å². The molecule has 0 bridgehead atoms. The smallest absolute Gasteiger partial charge is 0.344 e. The number of aldehydes is 2. The van der Waals surface area contributed by atoms with E-state index in [4.69, 9.17) is 18.9 Å². The van der Waals surface area contributed by atoms with Gasteiger partial charge in [0.05, 0.1) is 25.3 Å². The van der Waals surface area contributed by atoms with Crippen LogP contribution in [0.1, 0.15) is 41.4 Å². The monoisotopic (exact) mass is 434 g/mol. The molecular weight excluding hydrogens is 416 g/mol. The van der Waals surface area contributed by atoms with E-state index in [9.17, 15) is 19.2 Å². The zero-order chi connectivity index (χ0) is 23.1. The molecule has 0 fully saturated rings. The summed E-state index contributed by atoms with van der Waals surface area (Å²) in [5, 5.41) is 0. The summed E-state index contributed by atoms with van der Waals surface area (Å²) in [6.45, 7) is 0. The van der Waals surface area contributed by atoms with E-state index in [2.05, 4.69) is 0 Å². The van der Waals surface area contributed by atoms with Gasteiger partial charge in [0.2, 0.25) is 0 Å². The van der Waals surface area contributed by atoms with Gasteiger partial charge in [-0.1, -0.05) is 12.1 Å². The number of hydrogen-bond acceptors (Lipinski definition) is 8. The highest BCUT2D eigenvalue weighted by atomic mass is 16.6. The summed E-state index contributed by atoms with van der Waals surface area (Å²) < 4.78 is 21.1. The summed E-state index contributed by atoms with van der Waals surface area (Å²) in [5.41, 5.74) is 0.616. The molecule has 3 rings (SSSR count). The summed E-state index contributed by atoms with van der Waals surface area (Å²) in [4.78, 5) is 47.5. The molecule has 3 aromatic rings. The second-order valence-electron chi connectivity index (χ2n) is 6.38. The van der Waals surface area contributed by atoms with Crippen LogP contribution in [-0.2, 0) is 0 Å². The number of benzene rings is 3. The SMILES string of the molecule is COc1cc(C=O)ccc1OC(=O)c1ccccc1C(=O)Oc1ccc(C=O)cc1OC. The fourth-order valence-corrected chi connectivity index (χ4v) is 2.83. The van der Waals surface area contributed by atoms with Gasteiger partial charge in [0, 0.05) is 11.1 Å². The first-order valence-electron chi connectivity index (χ1n) is 9.30.